The van der Waals surface area contributed by atoms with Crippen molar-refractivity contribution in [1.29, 1.82) is 0 Å². The lowest BCUT2D eigenvalue weighted by atomic mass is 9.57. The lowest BCUT2D eigenvalue weighted by Gasteiger charge is -2.54. The summed E-state index contributed by atoms with van der Waals surface area (Å²) in [5.41, 5.74) is 1.47. The standard InChI is InChI=1S/C19H26ClN3O.HI/c1-19(2)16(13-7-8-24-17(13)19)23-18(21-3)22-15-10-14(15)11-5-4-6-12(20)9-11;/h4-6,9,13-17H,7-8,10H2,1-3H3,(H2,21,22,23);1H. The second-order valence-electron chi connectivity index (χ2n) is 7.91. The molecule has 5 unspecified atom stereocenters. The van der Waals surface area contributed by atoms with Crippen molar-refractivity contribution in [1.82, 2.24) is 10.6 Å². The van der Waals surface area contributed by atoms with Crippen molar-refractivity contribution in [2.24, 2.45) is 16.3 Å². The number of hydrogen-bond donors (Lipinski definition) is 2. The van der Waals surface area contributed by atoms with Gasteiger partial charge >= 0.3 is 0 Å². The minimum atomic E-state index is 0. The topological polar surface area (TPSA) is 45.7 Å². The molecule has 1 aromatic carbocycles. The van der Waals surface area contributed by atoms with E-state index >= 15 is 0 Å². The van der Waals surface area contributed by atoms with Gasteiger partial charge in [-0.1, -0.05) is 37.6 Å². The maximum atomic E-state index is 6.11. The molecule has 25 heavy (non-hydrogen) atoms. The molecule has 1 saturated heterocycles. The van der Waals surface area contributed by atoms with Gasteiger partial charge < -0.3 is 15.4 Å². The Balaban J connectivity index is 0.00000182. The third-order valence-electron chi connectivity index (χ3n) is 6.01. The quantitative estimate of drug-likeness (QED) is 0.397. The minimum Gasteiger partial charge on any atom is -0.377 e. The van der Waals surface area contributed by atoms with Gasteiger partial charge in [0.1, 0.15) is 0 Å². The largest absolute Gasteiger partial charge is 0.377 e. The first kappa shape index (κ1) is 19.2. The summed E-state index contributed by atoms with van der Waals surface area (Å²) in [5, 5.41) is 8.04. The Kier molecular flexibility index (Phi) is 5.57. The first-order valence-corrected chi connectivity index (χ1v) is 9.25. The second-order valence-corrected chi connectivity index (χ2v) is 8.34. The normalized spacial score (nSPS) is 35.2. The van der Waals surface area contributed by atoms with Crippen molar-refractivity contribution in [3.63, 3.8) is 0 Å². The van der Waals surface area contributed by atoms with Crippen molar-refractivity contribution in [2.45, 2.75) is 50.8 Å². The molecule has 2 aliphatic carbocycles. The zero-order chi connectivity index (χ0) is 16.9. The Bertz CT molecular complexity index is 666. The number of hydrogen-bond acceptors (Lipinski definition) is 2. The van der Waals surface area contributed by atoms with Crippen LogP contribution in [0.2, 0.25) is 5.02 Å². The van der Waals surface area contributed by atoms with Crippen LogP contribution in [0.15, 0.2) is 29.3 Å². The van der Waals surface area contributed by atoms with Crippen LogP contribution in [0.25, 0.3) is 0 Å². The number of nitrogens with one attached hydrogen (secondary N) is 2. The fourth-order valence-corrected chi connectivity index (χ4v) is 4.77. The van der Waals surface area contributed by atoms with Gasteiger partial charge in [-0.3, -0.25) is 4.99 Å². The van der Waals surface area contributed by atoms with Crippen LogP contribution >= 0.6 is 35.6 Å². The highest BCUT2D eigenvalue weighted by molar-refractivity contribution is 14.0. The summed E-state index contributed by atoms with van der Waals surface area (Å²) in [6.07, 6.45) is 2.68. The lowest BCUT2D eigenvalue weighted by molar-refractivity contribution is -0.106. The monoisotopic (exact) mass is 475 g/mol. The third-order valence-corrected chi connectivity index (χ3v) is 6.24. The predicted octanol–water partition coefficient (Wildman–Crippen LogP) is 3.79. The molecule has 1 heterocycles. The summed E-state index contributed by atoms with van der Waals surface area (Å²) in [6.45, 7) is 5.47. The van der Waals surface area contributed by atoms with Crippen LogP contribution in [0.1, 0.15) is 38.2 Å². The highest BCUT2D eigenvalue weighted by Crippen LogP contribution is 2.52. The molecule has 5 atom stereocenters. The maximum Gasteiger partial charge on any atom is 0.191 e. The fourth-order valence-electron chi connectivity index (χ4n) is 4.57. The van der Waals surface area contributed by atoms with E-state index in [2.05, 4.69) is 41.6 Å². The Morgan fingerprint density at radius 2 is 2.12 bits per heavy atom. The van der Waals surface area contributed by atoms with Gasteiger partial charge in [-0.2, -0.15) is 0 Å². The molecule has 1 aromatic rings. The molecule has 0 radical (unpaired) electrons. The Labute approximate surface area is 172 Å². The average Bonchev–Trinajstić information content (AvgIpc) is 3.17. The van der Waals surface area contributed by atoms with Gasteiger partial charge in [-0.25, -0.2) is 0 Å². The van der Waals surface area contributed by atoms with Gasteiger partial charge in [0.05, 0.1) is 6.10 Å². The highest BCUT2D eigenvalue weighted by atomic mass is 127. The molecular formula is C19H27ClIN3O. The average molecular weight is 476 g/mol. The van der Waals surface area contributed by atoms with E-state index in [9.17, 15) is 0 Å². The summed E-state index contributed by atoms with van der Waals surface area (Å²) >= 11 is 6.11. The molecule has 3 aliphatic rings. The summed E-state index contributed by atoms with van der Waals surface area (Å²) in [6, 6.07) is 9.05. The Hall–Kier alpha value is -0.530. The summed E-state index contributed by atoms with van der Waals surface area (Å²) < 4.78 is 5.88. The van der Waals surface area contributed by atoms with Crippen LogP contribution in [0.4, 0.5) is 0 Å². The minimum absolute atomic E-state index is 0. The fraction of sp³-hybridized carbons (Fsp3) is 0.632. The van der Waals surface area contributed by atoms with Crippen molar-refractivity contribution >= 4 is 41.5 Å². The molecule has 6 heteroatoms. The van der Waals surface area contributed by atoms with E-state index in [-0.39, 0.29) is 29.4 Å². The lowest BCUT2D eigenvalue weighted by Crippen LogP contribution is -2.68. The molecule has 4 rings (SSSR count). The molecule has 0 aromatic heterocycles. The number of halogens is 2. The van der Waals surface area contributed by atoms with E-state index in [1.807, 2.05) is 19.2 Å². The molecule has 3 fully saturated rings. The zero-order valence-electron chi connectivity index (χ0n) is 15.0. The second kappa shape index (κ2) is 7.24. The van der Waals surface area contributed by atoms with E-state index in [0.29, 0.717) is 30.0 Å². The number of nitrogens with zero attached hydrogens (tertiary/aromatic N) is 1. The molecule has 0 spiro atoms. The van der Waals surface area contributed by atoms with E-state index < -0.39 is 0 Å². The smallest absolute Gasteiger partial charge is 0.191 e. The van der Waals surface area contributed by atoms with Crippen molar-refractivity contribution in [2.75, 3.05) is 13.7 Å². The van der Waals surface area contributed by atoms with Crippen molar-refractivity contribution in [3.05, 3.63) is 34.9 Å². The van der Waals surface area contributed by atoms with Gasteiger partial charge in [-0.15, -0.1) is 24.0 Å². The van der Waals surface area contributed by atoms with Gasteiger partial charge in [0.25, 0.3) is 0 Å². The van der Waals surface area contributed by atoms with Crippen LogP contribution in [-0.4, -0.2) is 37.8 Å². The van der Waals surface area contributed by atoms with E-state index in [1.165, 1.54) is 5.56 Å². The Morgan fingerprint density at radius 1 is 1.32 bits per heavy atom. The van der Waals surface area contributed by atoms with E-state index in [0.717, 1.165) is 30.4 Å². The number of fused-ring (bicyclic) bond motifs is 1. The summed E-state index contributed by atoms with van der Waals surface area (Å²) in [4.78, 5) is 4.44. The van der Waals surface area contributed by atoms with Crippen molar-refractivity contribution < 1.29 is 4.74 Å². The van der Waals surface area contributed by atoms with Crippen LogP contribution in [0.5, 0.6) is 0 Å². The van der Waals surface area contributed by atoms with Crippen LogP contribution in [0.3, 0.4) is 0 Å². The van der Waals surface area contributed by atoms with Crippen molar-refractivity contribution in [3.8, 4) is 0 Å². The van der Waals surface area contributed by atoms with Crippen LogP contribution in [-0.2, 0) is 4.74 Å². The third kappa shape index (κ3) is 3.52. The zero-order valence-corrected chi connectivity index (χ0v) is 18.0. The molecule has 138 valence electrons. The summed E-state index contributed by atoms with van der Waals surface area (Å²) in [7, 11) is 1.85. The SMILES string of the molecule is CN=C(NC1CC1c1cccc(Cl)c1)NC1C2CCOC2C1(C)C.I. The number of aliphatic imine (C=N–C) groups is 1. The first-order chi connectivity index (χ1) is 11.5. The molecule has 1 aliphatic heterocycles. The molecule has 2 N–H and O–H groups in total. The van der Waals surface area contributed by atoms with Crippen LogP contribution in [0, 0.1) is 11.3 Å². The van der Waals surface area contributed by atoms with Gasteiger partial charge in [0.15, 0.2) is 5.96 Å². The van der Waals surface area contributed by atoms with Gasteiger partial charge in [-0.05, 0) is 30.5 Å². The molecular weight excluding hydrogens is 449 g/mol. The number of ether oxygens (including phenoxy) is 1. The first-order valence-electron chi connectivity index (χ1n) is 8.87. The molecule has 4 nitrogen and oxygen atoms in total. The van der Waals surface area contributed by atoms with Gasteiger partial charge in [0, 0.05) is 48.0 Å². The summed E-state index contributed by atoms with van der Waals surface area (Å²) in [5.74, 6) is 2.05. The van der Waals surface area contributed by atoms with Crippen LogP contribution < -0.4 is 10.6 Å². The molecule has 2 saturated carbocycles. The number of guanidine groups is 1. The Morgan fingerprint density at radius 3 is 2.84 bits per heavy atom. The number of rotatable bonds is 3. The highest BCUT2D eigenvalue weighted by Gasteiger charge is 2.59. The maximum absolute atomic E-state index is 6.11. The van der Waals surface area contributed by atoms with Gasteiger partial charge in [0.2, 0.25) is 0 Å². The van der Waals surface area contributed by atoms with E-state index in [1.54, 1.807) is 0 Å². The molecule has 0 amide bonds. The predicted molar refractivity (Wildman–Crippen MR) is 113 cm³/mol. The molecule has 0 bridgehead atoms. The van der Waals surface area contributed by atoms with E-state index in [4.69, 9.17) is 16.3 Å². The number of benzene rings is 1.